The van der Waals surface area contributed by atoms with E-state index >= 15 is 0 Å². The summed E-state index contributed by atoms with van der Waals surface area (Å²) >= 11 is 0. The molecular weight excluding hydrogens is 408 g/mol. The van der Waals surface area contributed by atoms with Crippen LogP contribution in [0, 0.1) is 0 Å². The van der Waals surface area contributed by atoms with Crippen LogP contribution >= 0.6 is 0 Å². The molecule has 2 aromatic carbocycles. The lowest BCUT2D eigenvalue weighted by Gasteiger charge is -2.35. The van der Waals surface area contributed by atoms with Gasteiger partial charge in [0.15, 0.2) is 0 Å². The van der Waals surface area contributed by atoms with Crippen LogP contribution in [0.2, 0.25) is 0 Å². The third kappa shape index (κ3) is 3.51. The van der Waals surface area contributed by atoms with Crippen LogP contribution in [0.5, 0.6) is 0 Å². The Morgan fingerprint density at radius 2 is 1.62 bits per heavy atom. The number of alkyl carbamates (subject to hydrolysis) is 1. The summed E-state index contributed by atoms with van der Waals surface area (Å²) in [5.74, 6) is -1.36. The van der Waals surface area contributed by atoms with E-state index in [0.717, 1.165) is 35.1 Å². The molecule has 0 aromatic heterocycles. The largest absolute Gasteiger partial charge is 0.480 e. The van der Waals surface area contributed by atoms with E-state index in [2.05, 4.69) is 29.6 Å². The number of hydrogen-bond acceptors (Lipinski definition) is 4. The minimum absolute atomic E-state index is 0.0579. The van der Waals surface area contributed by atoms with Gasteiger partial charge in [-0.15, -0.1) is 0 Å². The molecule has 0 bridgehead atoms. The maximum Gasteiger partial charge on any atom is 0.408 e. The van der Waals surface area contributed by atoms with E-state index in [9.17, 15) is 19.5 Å². The molecule has 1 saturated carbocycles. The summed E-state index contributed by atoms with van der Waals surface area (Å²) in [4.78, 5) is 38.8. The number of carbonyl (C=O) groups is 3. The Balaban J connectivity index is 1.26. The number of likely N-dealkylation sites (tertiary alicyclic amines) is 1. The second-order valence-electron chi connectivity index (χ2n) is 8.88. The molecule has 2 amide bonds. The molecule has 1 saturated heterocycles. The third-order valence-corrected chi connectivity index (χ3v) is 6.89. The number of nitrogens with zero attached hydrogens (tertiary/aromatic N) is 1. The van der Waals surface area contributed by atoms with Gasteiger partial charge in [-0.3, -0.25) is 4.79 Å². The molecule has 0 spiro atoms. The van der Waals surface area contributed by atoms with Gasteiger partial charge < -0.3 is 20.1 Å². The number of piperidine rings is 1. The van der Waals surface area contributed by atoms with Crippen LogP contribution in [0.25, 0.3) is 11.1 Å². The van der Waals surface area contributed by atoms with Gasteiger partial charge in [0.05, 0.1) is 0 Å². The first-order valence-corrected chi connectivity index (χ1v) is 11.2. The maximum absolute atomic E-state index is 13.1. The molecule has 0 unspecified atom stereocenters. The highest BCUT2D eigenvalue weighted by Crippen LogP contribution is 2.44. The number of amides is 2. The Morgan fingerprint density at radius 3 is 2.22 bits per heavy atom. The number of benzene rings is 2. The van der Waals surface area contributed by atoms with E-state index in [-0.39, 0.29) is 18.4 Å². The monoisotopic (exact) mass is 434 g/mol. The topological polar surface area (TPSA) is 95.9 Å². The van der Waals surface area contributed by atoms with Crippen molar-refractivity contribution in [2.24, 2.45) is 0 Å². The number of ether oxygens (including phenoxy) is 1. The van der Waals surface area contributed by atoms with Crippen molar-refractivity contribution in [1.82, 2.24) is 10.2 Å². The number of aliphatic carboxylic acids is 1. The van der Waals surface area contributed by atoms with Crippen molar-refractivity contribution in [3.05, 3.63) is 59.7 Å². The first-order chi connectivity index (χ1) is 15.5. The van der Waals surface area contributed by atoms with Gasteiger partial charge >= 0.3 is 12.1 Å². The first kappa shape index (κ1) is 20.5. The standard InChI is InChI=1S/C25H26N2O5/c28-22(29)21-11-5-6-14-27(21)23(30)25(12-13-25)26-24(31)32-15-20-18-9-3-1-7-16(18)17-8-2-4-10-19(17)20/h1-4,7-10,20-21H,5-6,11-15H2,(H,26,31)(H,28,29)/t21-/m1/s1. The Bertz CT molecular complexity index is 1030. The van der Waals surface area contributed by atoms with Crippen LogP contribution in [0.15, 0.2) is 48.5 Å². The zero-order valence-corrected chi connectivity index (χ0v) is 17.8. The summed E-state index contributed by atoms with van der Waals surface area (Å²) in [6.07, 6.45) is 2.37. The molecule has 0 radical (unpaired) electrons. The summed E-state index contributed by atoms with van der Waals surface area (Å²) in [6, 6.07) is 15.4. The van der Waals surface area contributed by atoms with Gasteiger partial charge in [0, 0.05) is 12.5 Å². The van der Waals surface area contributed by atoms with Crippen molar-refractivity contribution >= 4 is 18.0 Å². The first-order valence-electron chi connectivity index (χ1n) is 11.2. The van der Waals surface area contributed by atoms with Crippen LogP contribution < -0.4 is 5.32 Å². The van der Waals surface area contributed by atoms with Crippen LogP contribution in [0.1, 0.15) is 49.1 Å². The molecule has 7 nitrogen and oxygen atoms in total. The molecular formula is C25H26N2O5. The van der Waals surface area contributed by atoms with Crippen molar-refractivity contribution < 1.29 is 24.2 Å². The molecule has 3 aliphatic rings. The van der Waals surface area contributed by atoms with E-state index in [1.54, 1.807) is 0 Å². The molecule has 2 fully saturated rings. The van der Waals surface area contributed by atoms with Crippen molar-refractivity contribution in [2.75, 3.05) is 13.2 Å². The quantitative estimate of drug-likeness (QED) is 0.751. The fourth-order valence-corrected chi connectivity index (χ4v) is 5.05. The number of carboxylic acid groups (broad SMARTS) is 1. The second-order valence-corrected chi connectivity index (χ2v) is 8.88. The number of nitrogens with one attached hydrogen (secondary N) is 1. The van der Waals surface area contributed by atoms with Crippen LogP contribution in [0.4, 0.5) is 4.79 Å². The third-order valence-electron chi connectivity index (χ3n) is 6.89. The number of hydrogen-bond donors (Lipinski definition) is 2. The van der Waals surface area contributed by atoms with Crippen LogP contribution in [-0.4, -0.2) is 52.7 Å². The minimum atomic E-state index is -1.03. The fraction of sp³-hybridized carbons (Fsp3) is 0.400. The number of carbonyl (C=O) groups excluding carboxylic acids is 2. The number of carboxylic acids is 1. The van der Waals surface area contributed by atoms with Crippen molar-refractivity contribution in [3.63, 3.8) is 0 Å². The zero-order chi connectivity index (χ0) is 22.3. The molecule has 1 atom stereocenters. The summed E-state index contributed by atoms with van der Waals surface area (Å²) in [6.45, 7) is 0.579. The van der Waals surface area contributed by atoms with Crippen molar-refractivity contribution in [2.45, 2.75) is 49.6 Å². The van der Waals surface area contributed by atoms with Crippen LogP contribution in [0.3, 0.4) is 0 Å². The molecule has 2 aliphatic carbocycles. The molecule has 5 rings (SSSR count). The molecule has 1 aliphatic heterocycles. The smallest absolute Gasteiger partial charge is 0.408 e. The summed E-state index contributed by atoms with van der Waals surface area (Å²) < 4.78 is 5.59. The van der Waals surface area contributed by atoms with Gasteiger partial charge in [0.2, 0.25) is 5.91 Å². The molecule has 1 heterocycles. The predicted octanol–water partition coefficient (Wildman–Crippen LogP) is 3.52. The SMILES string of the molecule is O=C(NC1(C(=O)N2CCCC[C@@H]2C(=O)O)CC1)OCC1c2ccccc2-c2ccccc21. The highest BCUT2D eigenvalue weighted by Gasteiger charge is 2.55. The molecule has 32 heavy (non-hydrogen) atoms. The van der Waals surface area contributed by atoms with Crippen molar-refractivity contribution in [3.8, 4) is 11.1 Å². The molecule has 2 aromatic rings. The van der Waals surface area contributed by atoms with E-state index in [1.807, 2.05) is 24.3 Å². The highest BCUT2D eigenvalue weighted by molar-refractivity contribution is 5.95. The maximum atomic E-state index is 13.1. The summed E-state index contributed by atoms with van der Waals surface area (Å²) in [5.41, 5.74) is 3.51. The molecule has 166 valence electrons. The molecule has 7 heteroatoms. The lowest BCUT2D eigenvalue weighted by molar-refractivity contribution is -0.153. The molecule has 2 N–H and O–H groups in total. The van der Waals surface area contributed by atoms with Gasteiger partial charge in [-0.2, -0.15) is 0 Å². The van der Waals surface area contributed by atoms with Crippen LogP contribution in [-0.2, 0) is 14.3 Å². The van der Waals surface area contributed by atoms with Crippen molar-refractivity contribution in [1.29, 1.82) is 0 Å². The van der Waals surface area contributed by atoms with Gasteiger partial charge in [-0.25, -0.2) is 9.59 Å². The summed E-state index contributed by atoms with van der Waals surface area (Å²) in [5, 5.41) is 12.2. The Labute approximate surface area is 186 Å². The van der Waals surface area contributed by atoms with Gasteiger partial charge in [-0.1, -0.05) is 48.5 Å². The average Bonchev–Trinajstić information content (AvgIpc) is 3.52. The Kier molecular flexibility index (Phi) is 5.12. The predicted molar refractivity (Wildman–Crippen MR) is 117 cm³/mol. The van der Waals surface area contributed by atoms with Gasteiger partial charge in [0.25, 0.3) is 0 Å². The Morgan fingerprint density at radius 1 is 1.00 bits per heavy atom. The normalized spacial score (nSPS) is 20.8. The van der Waals surface area contributed by atoms with Gasteiger partial charge in [-0.05, 0) is 54.4 Å². The van der Waals surface area contributed by atoms with E-state index < -0.39 is 23.6 Å². The average molecular weight is 434 g/mol. The minimum Gasteiger partial charge on any atom is -0.480 e. The van der Waals surface area contributed by atoms with E-state index in [4.69, 9.17) is 4.74 Å². The lowest BCUT2D eigenvalue weighted by atomic mass is 9.98. The van der Waals surface area contributed by atoms with Gasteiger partial charge in [0.1, 0.15) is 18.2 Å². The lowest BCUT2D eigenvalue weighted by Crippen LogP contribution is -2.57. The summed E-state index contributed by atoms with van der Waals surface area (Å²) in [7, 11) is 0. The van der Waals surface area contributed by atoms with E-state index in [0.29, 0.717) is 25.8 Å². The highest BCUT2D eigenvalue weighted by atomic mass is 16.5. The number of rotatable bonds is 5. The fourth-order valence-electron chi connectivity index (χ4n) is 5.05. The zero-order valence-electron chi connectivity index (χ0n) is 17.8. The van der Waals surface area contributed by atoms with E-state index in [1.165, 1.54) is 4.90 Å². The number of fused-ring (bicyclic) bond motifs is 3. The Hall–Kier alpha value is -3.35. The second kappa shape index (κ2) is 7.97.